The summed E-state index contributed by atoms with van der Waals surface area (Å²) in [5, 5.41) is 1.74. The molecule has 2 aromatic carbocycles. The van der Waals surface area contributed by atoms with E-state index in [-0.39, 0.29) is 0 Å². The van der Waals surface area contributed by atoms with Gasteiger partial charge in [0.1, 0.15) is 11.3 Å². The van der Waals surface area contributed by atoms with Crippen molar-refractivity contribution in [2.45, 2.75) is 13.3 Å². The fourth-order valence-electron chi connectivity index (χ4n) is 2.37. The second-order valence-corrected chi connectivity index (χ2v) is 4.90. The van der Waals surface area contributed by atoms with Crippen LogP contribution in [-0.2, 0) is 6.42 Å². The number of hydrogen-bond donors (Lipinski definition) is 1. The van der Waals surface area contributed by atoms with Crippen molar-refractivity contribution in [1.82, 2.24) is 0 Å². The van der Waals surface area contributed by atoms with E-state index < -0.39 is 0 Å². The Hall–Kier alpha value is -1.93. The van der Waals surface area contributed by atoms with Crippen LogP contribution in [-0.4, -0.2) is 0 Å². The minimum absolute atomic E-state index is 0.654. The Labute approximate surface area is 116 Å². The molecule has 0 aliphatic carbocycles. The van der Waals surface area contributed by atoms with Crippen LogP contribution < -0.4 is 5.73 Å². The lowest BCUT2D eigenvalue weighted by molar-refractivity contribution is 0.558. The topological polar surface area (TPSA) is 39.2 Å². The van der Waals surface area contributed by atoms with Gasteiger partial charge in [0.15, 0.2) is 0 Å². The first-order valence-corrected chi connectivity index (χ1v) is 6.64. The summed E-state index contributed by atoms with van der Waals surface area (Å²) >= 11 is 6.33. The highest BCUT2D eigenvalue weighted by atomic mass is 35.5. The van der Waals surface area contributed by atoms with Crippen molar-refractivity contribution in [3.05, 3.63) is 53.2 Å². The van der Waals surface area contributed by atoms with Crippen molar-refractivity contribution in [3.8, 4) is 11.1 Å². The van der Waals surface area contributed by atoms with Crippen LogP contribution in [0.5, 0.6) is 0 Å². The molecular formula is C16H14ClNO. The lowest BCUT2D eigenvalue weighted by Crippen LogP contribution is -1.88. The van der Waals surface area contributed by atoms with Gasteiger partial charge in [-0.25, -0.2) is 0 Å². The molecule has 0 saturated heterocycles. The number of furan rings is 1. The minimum atomic E-state index is 0.654. The molecular weight excluding hydrogens is 258 g/mol. The van der Waals surface area contributed by atoms with Gasteiger partial charge >= 0.3 is 0 Å². The van der Waals surface area contributed by atoms with Gasteiger partial charge in [-0.3, -0.25) is 0 Å². The number of fused-ring (bicyclic) bond motifs is 1. The van der Waals surface area contributed by atoms with Crippen LogP contribution in [0.15, 0.2) is 46.9 Å². The van der Waals surface area contributed by atoms with Gasteiger partial charge in [0.25, 0.3) is 0 Å². The molecule has 0 radical (unpaired) electrons. The summed E-state index contributed by atoms with van der Waals surface area (Å²) in [6, 6.07) is 13.6. The molecule has 0 aliphatic rings. The van der Waals surface area contributed by atoms with Gasteiger partial charge in [-0.15, -0.1) is 0 Å². The van der Waals surface area contributed by atoms with Crippen LogP contribution >= 0.6 is 11.6 Å². The molecule has 0 atom stereocenters. The van der Waals surface area contributed by atoms with Crippen molar-refractivity contribution in [2.24, 2.45) is 0 Å². The third kappa shape index (κ3) is 1.98. The van der Waals surface area contributed by atoms with Gasteiger partial charge in [0, 0.05) is 28.6 Å². The lowest BCUT2D eigenvalue weighted by atomic mass is 10.0. The van der Waals surface area contributed by atoms with Crippen molar-refractivity contribution in [2.75, 3.05) is 5.73 Å². The molecule has 2 N–H and O–H groups in total. The van der Waals surface area contributed by atoms with Crippen LogP contribution in [0.3, 0.4) is 0 Å². The summed E-state index contributed by atoms with van der Waals surface area (Å²) in [5.41, 5.74) is 9.36. The maximum absolute atomic E-state index is 6.33. The fourth-order valence-corrected chi connectivity index (χ4v) is 2.66. The van der Waals surface area contributed by atoms with Crippen LogP contribution in [0.25, 0.3) is 22.1 Å². The Kier molecular flexibility index (Phi) is 2.96. The number of nitrogens with two attached hydrogens (primary N) is 1. The highest BCUT2D eigenvalue weighted by Gasteiger charge is 2.16. The molecule has 0 bridgehead atoms. The van der Waals surface area contributed by atoms with Crippen molar-refractivity contribution >= 4 is 28.3 Å². The Morgan fingerprint density at radius 2 is 1.95 bits per heavy atom. The smallest absolute Gasteiger partial charge is 0.134 e. The molecule has 19 heavy (non-hydrogen) atoms. The van der Waals surface area contributed by atoms with Crippen LogP contribution in [0.2, 0.25) is 5.02 Å². The molecule has 96 valence electrons. The standard InChI is InChI=1S/C16H14ClNO/c1-2-14-16(11-8-7-10(18)9-13(11)17)12-5-3-4-6-15(12)19-14/h3-9H,2,18H2,1H3. The van der Waals surface area contributed by atoms with Gasteiger partial charge in [-0.05, 0) is 18.2 Å². The van der Waals surface area contributed by atoms with E-state index in [1.807, 2.05) is 30.3 Å². The Morgan fingerprint density at radius 1 is 1.16 bits per heavy atom. The van der Waals surface area contributed by atoms with Crippen molar-refractivity contribution in [3.63, 3.8) is 0 Å². The maximum atomic E-state index is 6.33. The second kappa shape index (κ2) is 4.63. The van der Waals surface area contributed by atoms with E-state index >= 15 is 0 Å². The van der Waals surface area contributed by atoms with Crippen molar-refractivity contribution in [1.29, 1.82) is 0 Å². The first-order valence-electron chi connectivity index (χ1n) is 6.26. The number of aryl methyl sites for hydroxylation is 1. The zero-order valence-corrected chi connectivity index (χ0v) is 11.4. The zero-order chi connectivity index (χ0) is 13.4. The van der Waals surface area contributed by atoms with Gasteiger partial charge in [-0.1, -0.05) is 42.8 Å². The molecule has 0 spiro atoms. The maximum Gasteiger partial charge on any atom is 0.134 e. The number of rotatable bonds is 2. The molecule has 3 rings (SSSR count). The summed E-state index contributed by atoms with van der Waals surface area (Å²) in [6.45, 7) is 2.08. The number of hydrogen-bond acceptors (Lipinski definition) is 2. The van der Waals surface area contributed by atoms with Crippen LogP contribution in [0.4, 0.5) is 5.69 Å². The zero-order valence-electron chi connectivity index (χ0n) is 10.6. The van der Waals surface area contributed by atoms with E-state index in [4.69, 9.17) is 21.8 Å². The molecule has 3 aromatic rings. The van der Waals surface area contributed by atoms with E-state index in [1.54, 1.807) is 6.07 Å². The molecule has 1 heterocycles. The summed E-state index contributed by atoms with van der Waals surface area (Å²) in [6.07, 6.45) is 0.824. The Bertz CT molecular complexity index is 746. The van der Waals surface area contributed by atoms with Gasteiger partial charge in [0.2, 0.25) is 0 Å². The second-order valence-electron chi connectivity index (χ2n) is 4.49. The first kappa shape index (κ1) is 12.1. The average molecular weight is 272 g/mol. The fraction of sp³-hybridized carbons (Fsp3) is 0.125. The van der Waals surface area contributed by atoms with Gasteiger partial charge in [-0.2, -0.15) is 0 Å². The molecule has 0 aliphatic heterocycles. The predicted octanol–water partition coefficient (Wildman–Crippen LogP) is 4.90. The molecule has 0 unspecified atom stereocenters. The summed E-state index contributed by atoms with van der Waals surface area (Å²) in [4.78, 5) is 0. The quantitative estimate of drug-likeness (QED) is 0.674. The third-order valence-electron chi connectivity index (χ3n) is 3.25. The van der Waals surface area contributed by atoms with Gasteiger partial charge in [0.05, 0.1) is 5.02 Å². The van der Waals surface area contributed by atoms with E-state index in [9.17, 15) is 0 Å². The van der Waals surface area contributed by atoms with Crippen molar-refractivity contribution < 1.29 is 4.42 Å². The van der Waals surface area contributed by atoms with Gasteiger partial charge < -0.3 is 10.2 Å². The molecule has 0 fully saturated rings. The number of benzene rings is 2. The normalized spacial score (nSPS) is 11.1. The average Bonchev–Trinajstić information content (AvgIpc) is 2.77. The summed E-state index contributed by atoms with van der Waals surface area (Å²) in [7, 11) is 0. The largest absolute Gasteiger partial charge is 0.460 e. The SMILES string of the molecule is CCc1oc2ccccc2c1-c1ccc(N)cc1Cl. The monoisotopic (exact) mass is 271 g/mol. The number of halogens is 1. The molecule has 0 amide bonds. The summed E-state index contributed by atoms with van der Waals surface area (Å²) < 4.78 is 5.90. The Morgan fingerprint density at radius 3 is 2.68 bits per heavy atom. The highest BCUT2D eigenvalue weighted by Crippen LogP contribution is 2.39. The number of nitrogen functional groups attached to an aromatic ring is 1. The van der Waals surface area contributed by atoms with E-state index in [1.165, 1.54) is 0 Å². The molecule has 1 aromatic heterocycles. The molecule has 2 nitrogen and oxygen atoms in total. The van der Waals surface area contributed by atoms with E-state index in [2.05, 4.69) is 13.0 Å². The number of anilines is 1. The molecule has 0 saturated carbocycles. The van der Waals surface area contributed by atoms with E-state index in [0.29, 0.717) is 10.7 Å². The molecule has 3 heteroatoms. The van der Waals surface area contributed by atoms with Crippen LogP contribution in [0, 0.1) is 0 Å². The van der Waals surface area contributed by atoms with E-state index in [0.717, 1.165) is 34.3 Å². The predicted molar refractivity (Wildman–Crippen MR) is 80.5 cm³/mol. The van der Waals surface area contributed by atoms with Crippen LogP contribution in [0.1, 0.15) is 12.7 Å². The lowest BCUT2D eigenvalue weighted by Gasteiger charge is -2.05. The Balaban J connectivity index is 2.34. The number of para-hydroxylation sites is 1. The third-order valence-corrected chi connectivity index (χ3v) is 3.56. The minimum Gasteiger partial charge on any atom is -0.460 e. The first-order chi connectivity index (χ1) is 9.20. The summed E-state index contributed by atoms with van der Waals surface area (Å²) in [5.74, 6) is 0.952. The highest BCUT2D eigenvalue weighted by molar-refractivity contribution is 6.34.